The summed E-state index contributed by atoms with van der Waals surface area (Å²) in [6, 6.07) is 3.07. The third-order valence-corrected chi connectivity index (χ3v) is 3.21. The molecule has 1 aliphatic rings. The molecular formula is C12H12F3NO2. The van der Waals surface area contributed by atoms with Crippen molar-refractivity contribution >= 4 is 11.7 Å². The van der Waals surface area contributed by atoms with E-state index in [0.717, 1.165) is 12.1 Å². The van der Waals surface area contributed by atoms with Crippen molar-refractivity contribution in [3.05, 3.63) is 29.3 Å². The van der Waals surface area contributed by atoms with E-state index in [1.165, 1.54) is 13.0 Å². The second kappa shape index (κ2) is 4.19. The summed E-state index contributed by atoms with van der Waals surface area (Å²) < 4.78 is 37.6. The van der Waals surface area contributed by atoms with Crippen LogP contribution in [0.1, 0.15) is 18.1 Å². The van der Waals surface area contributed by atoms with Gasteiger partial charge in [-0.15, -0.1) is 0 Å². The fourth-order valence-corrected chi connectivity index (χ4v) is 2.04. The van der Waals surface area contributed by atoms with E-state index in [4.69, 9.17) is 5.11 Å². The Morgan fingerprint density at radius 2 is 2.17 bits per heavy atom. The number of halogens is 3. The number of rotatable bonds is 2. The van der Waals surface area contributed by atoms with Crippen LogP contribution in [0.15, 0.2) is 18.2 Å². The van der Waals surface area contributed by atoms with Gasteiger partial charge in [0.1, 0.15) is 0 Å². The van der Waals surface area contributed by atoms with Crippen molar-refractivity contribution in [3.63, 3.8) is 0 Å². The Bertz CT molecular complexity index is 485. The average Bonchev–Trinajstić information content (AvgIpc) is 2.68. The van der Waals surface area contributed by atoms with Crippen LogP contribution in [0.2, 0.25) is 0 Å². The van der Waals surface area contributed by atoms with Crippen LogP contribution in [-0.2, 0) is 17.4 Å². The molecule has 18 heavy (non-hydrogen) atoms. The fraction of sp³-hybridized carbons (Fsp3) is 0.417. The van der Waals surface area contributed by atoms with Crippen LogP contribution in [0, 0.1) is 5.92 Å². The summed E-state index contributed by atoms with van der Waals surface area (Å²) in [6.07, 6.45) is -4.07. The first-order valence-corrected chi connectivity index (χ1v) is 5.48. The number of carbonyl (C=O) groups is 1. The maximum Gasteiger partial charge on any atom is 0.416 e. The van der Waals surface area contributed by atoms with E-state index >= 15 is 0 Å². The lowest BCUT2D eigenvalue weighted by atomic mass is 9.98. The van der Waals surface area contributed by atoms with Crippen molar-refractivity contribution in [1.29, 1.82) is 0 Å². The fourth-order valence-electron chi connectivity index (χ4n) is 2.04. The second-order valence-corrected chi connectivity index (χ2v) is 4.45. The van der Waals surface area contributed by atoms with Crippen molar-refractivity contribution in [3.8, 4) is 0 Å². The molecule has 0 amide bonds. The highest BCUT2D eigenvalue weighted by atomic mass is 19.4. The van der Waals surface area contributed by atoms with Crippen molar-refractivity contribution in [2.24, 2.45) is 5.92 Å². The third kappa shape index (κ3) is 2.27. The number of alkyl halides is 3. The van der Waals surface area contributed by atoms with Crippen molar-refractivity contribution in [2.45, 2.75) is 25.6 Å². The smallest absolute Gasteiger partial charge is 0.416 e. The van der Waals surface area contributed by atoms with Crippen molar-refractivity contribution in [2.75, 3.05) is 5.32 Å². The second-order valence-electron chi connectivity index (χ2n) is 4.45. The predicted molar refractivity (Wildman–Crippen MR) is 59.4 cm³/mol. The molecule has 2 unspecified atom stereocenters. The van der Waals surface area contributed by atoms with E-state index < -0.39 is 23.6 Å². The Morgan fingerprint density at radius 3 is 2.72 bits per heavy atom. The lowest BCUT2D eigenvalue weighted by molar-refractivity contribution is -0.141. The Labute approximate surface area is 102 Å². The van der Waals surface area contributed by atoms with Gasteiger partial charge in [-0.2, -0.15) is 13.2 Å². The minimum atomic E-state index is -4.37. The zero-order valence-electron chi connectivity index (χ0n) is 9.58. The molecule has 3 nitrogen and oxygen atoms in total. The molecule has 0 fully saturated rings. The van der Waals surface area contributed by atoms with Crippen LogP contribution in [0.25, 0.3) is 0 Å². The molecule has 2 atom stereocenters. The normalized spacial score (nSPS) is 20.1. The molecule has 2 N–H and O–H groups in total. The lowest BCUT2D eigenvalue weighted by Gasteiger charge is -2.15. The SMILES string of the molecule is CC(C(=O)O)C1Cc2cc(C(F)(F)F)ccc2N1. The van der Waals surface area contributed by atoms with Gasteiger partial charge in [0.05, 0.1) is 11.5 Å². The summed E-state index contributed by atoms with van der Waals surface area (Å²) in [6.45, 7) is 1.54. The highest BCUT2D eigenvalue weighted by molar-refractivity contribution is 5.72. The Hall–Kier alpha value is -1.72. The van der Waals surface area contributed by atoms with Crippen LogP contribution >= 0.6 is 0 Å². The number of aliphatic carboxylic acids is 1. The highest BCUT2D eigenvalue weighted by Crippen LogP contribution is 2.35. The third-order valence-electron chi connectivity index (χ3n) is 3.21. The first-order chi connectivity index (χ1) is 8.29. The van der Waals surface area contributed by atoms with E-state index in [-0.39, 0.29) is 6.04 Å². The number of hydrogen-bond acceptors (Lipinski definition) is 2. The summed E-state index contributed by atoms with van der Waals surface area (Å²) in [5.74, 6) is -1.61. The Kier molecular flexibility index (Phi) is 2.96. The maximum absolute atomic E-state index is 12.5. The zero-order valence-corrected chi connectivity index (χ0v) is 9.58. The largest absolute Gasteiger partial charge is 0.481 e. The van der Waals surface area contributed by atoms with Gasteiger partial charge in [-0.05, 0) is 37.1 Å². The minimum absolute atomic E-state index is 0.298. The summed E-state index contributed by atoms with van der Waals surface area (Å²) in [7, 11) is 0. The number of carboxylic acids is 1. The van der Waals surface area contributed by atoms with Gasteiger partial charge in [-0.25, -0.2) is 0 Å². The topological polar surface area (TPSA) is 49.3 Å². The van der Waals surface area contributed by atoms with Crippen molar-refractivity contribution in [1.82, 2.24) is 0 Å². The van der Waals surface area contributed by atoms with E-state index in [0.29, 0.717) is 17.7 Å². The van der Waals surface area contributed by atoms with Gasteiger partial charge in [-0.1, -0.05) is 0 Å². The first kappa shape index (κ1) is 12.7. The molecule has 6 heteroatoms. The van der Waals surface area contributed by atoms with E-state index in [2.05, 4.69) is 5.32 Å². The number of carboxylic acid groups (broad SMARTS) is 1. The number of fused-ring (bicyclic) bond motifs is 1. The molecule has 1 aromatic carbocycles. The van der Waals surface area contributed by atoms with E-state index in [9.17, 15) is 18.0 Å². The van der Waals surface area contributed by atoms with Gasteiger partial charge in [-0.3, -0.25) is 4.79 Å². The van der Waals surface area contributed by atoms with E-state index in [1.807, 2.05) is 0 Å². The van der Waals surface area contributed by atoms with Gasteiger partial charge in [0, 0.05) is 11.7 Å². The monoisotopic (exact) mass is 259 g/mol. The van der Waals surface area contributed by atoms with E-state index in [1.54, 1.807) is 0 Å². The first-order valence-electron chi connectivity index (χ1n) is 5.48. The number of nitrogens with one attached hydrogen (secondary N) is 1. The molecule has 1 aromatic rings. The zero-order chi connectivity index (χ0) is 13.5. The van der Waals surface area contributed by atoms with Crippen LogP contribution in [0.4, 0.5) is 18.9 Å². The van der Waals surface area contributed by atoms with Gasteiger partial charge >= 0.3 is 12.1 Å². The predicted octanol–water partition coefficient (Wildman–Crippen LogP) is 2.76. The molecule has 98 valence electrons. The highest BCUT2D eigenvalue weighted by Gasteiger charge is 2.34. The molecule has 0 bridgehead atoms. The van der Waals surface area contributed by atoms with Crippen molar-refractivity contribution < 1.29 is 23.1 Å². The van der Waals surface area contributed by atoms with Gasteiger partial charge < -0.3 is 10.4 Å². The number of benzene rings is 1. The standard InChI is InChI=1S/C12H12F3NO2/c1-6(11(17)18)10-5-7-4-8(12(13,14)15)2-3-9(7)16-10/h2-4,6,10,16H,5H2,1H3,(H,17,18). The molecule has 0 saturated heterocycles. The number of hydrogen-bond donors (Lipinski definition) is 2. The lowest BCUT2D eigenvalue weighted by Crippen LogP contribution is -2.30. The molecule has 2 rings (SSSR count). The minimum Gasteiger partial charge on any atom is -0.481 e. The van der Waals surface area contributed by atoms with Crippen LogP contribution in [0.3, 0.4) is 0 Å². The maximum atomic E-state index is 12.5. The Morgan fingerprint density at radius 1 is 1.50 bits per heavy atom. The molecule has 0 aliphatic carbocycles. The van der Waals surface area contributed by atoms with Crippen LogP contribution < -0.4 is 5.32 Å². The summed E-state index contributed by atoms with van der Waals surface area (Å²) >= 11 is 0. The van der Waals surface area contributed by atoms with Crippen LogP contribution in [0.5, 0.6) is 0 Å². The molecule has 0 saturated carbocycles. The number of anilines is 1. The van der Waals surface area contributed by atoms with Gasteiger partial charge in [0.25, 0.3) is 0 Å². The molecule has 0 radical (unpaired) electrons. The molecule has 1 heterocycles. The molecule has 0 aromatic heterocycles. The Balaban J connectivity index is 2.23. The van der Waals surface area contributed by atoms with Gasteiger partial charge in [0.2, 0.25) is 0 Å². The van der Waals surface area contributed by atoms with Gasteiger partial charge in [0.15, 0.2) is 0 Å². The van der Waals surface area contributed by atoms with Crippen LogP contribution in [-0.4, -0.2) is 17.1 Å². The average molecular weight is 259 g/mol. The molecular weight excluding hydrogens is 247 g/mol. The summed E-state index contributed by atoms with van der Waals surface area (Å²) in [5, 5.41) is 11.8. The molecule has 0 spiro atoms. The molecule has 1 aliphatic heterocycles. The summed E-state index contributed by atoms with van der Waals surface area (Å²) in [5.41, 5.74) is 0.399. The summed E-state index contributed by atoms with van der Waals surface area (Å²) in [4.78, 5) is 10.8. The quantitative estimate of drug-likeness (QED) is 0.858.